The van der Waals surface area contributed by atoms with Gasteiger partial charge in [-0.3, -0.25) is 0 Å². The third kappa shape index (κ3) is 0.909. The van der Waals surface area contributed by atoms with Crippen molar-refractivity contribution in [2.75, 3.05) is 0 Å². The van der Waals surface area contributed by atoms with Crippen LogP contribution in [0.15, 0.2) is 24.4 Å². The Morgan fingerprint density at radius 1 is 1.36 bits per heavy atom. The van der Waals surface area contributed by atoms with Gasteiger partial charge in [0, 0.05) is 11.6 Å². The van der Waals surface area contributed by atoms with Gasteiger partial charge in [-0.15, -0.1) is 0 Å². The maximum Gasteiger partial charge on any atom is 0.147 e. The molecule has 1 aromatic carbocycles. The molecule has 2 rings (SSSR count). The van der Waals surface area contributed by atoms with Crippen molar-refractivity contribution in [1.29, 1.82) is 0 Å². The summed E-state index contributed by atoms with van der Waals surface area (Å²) < 4.78 is 13.0. The molecule has 0 bridgehead atoms. The molecule has 0 saturated heterocycles. The fraction of sp³-hybridized carbons (Fsp3) is 0.111. The highest BCUT2D eigenvalue weighted by Gasteiger charge is 2.00. The molecule has 2 heteroatoms. The minimum atomic E-state index is -0.176. The van der Waals surface area contributed by atoms with E-state index in [1.54, 1.807) is 6.20 Å². The van der Waals surface area contributed by atoms with Crippen LogP contribution in [0.4, 0.5) is 4.39 Å². The highest BCUT2D eigenvalue weighted by Crippen LogP contribution is 2.17. The molecule has 0 aliphatic rings. The number of aryl methyl sites for hydroxylation is 1. The summed E-state index contributed by atoms with van der Waals surface area (Å²) in [6.45, 7) is 1.88. The molecule has 1 N–H and O–H groups in total. The van der Waals surface area contributed by atoms with Crippen LogP contribution in [-0.2, 0) is 0 Å². The van der Waals surface area contributed by atoms with Crippen LogP contribution in [0.5, 0.6) is 0 Å². The summed E-state index contributed by atoms with van der Waals surface area (Å²) in [4.78, 5) is 2.84. The fourth-order valence-corrected chi connectivity index (χ4v) is 1.27. The van der Waals surface area contributed by atoms with Crippen molar-refractivity contribution in [1.82, 2.24) is 4.98 Å². The summed E-state index contributed by atoms with van der Waals surface area (Å²) in [7, 11) is 0. The molecule has 1 aromatic heterocycles. The molecule has 56 valence electrons. The molecule has 11 heavy (non-hydrogen) atoms. The number of hydrogen-bond acceptors (Lipinski definition) is 0. The lowest BCUT2D eigenvalue weighted by Gasteiger charge is -1.94. The van der Waals surface area contributed by atoms with Crippen molar-refractivity contribution < 1.29 is 4.39 Å². The molecule has 0 radical (unpaired) electrons. The average Bonchev–Trinajstić information content (AvgIpc) is 2.34. The Bertz CT molecular complexity index is 389. The van der Waals surface area contributed by atoms with E-state index < -0.39 is 0 Å². The monoisotopic (exact) mass is 149 g/mol. The lowest BCUT2D eigenvalue weighted by molar-refractivity contribution is 0.636. The maximum absolute atomic E-state index is 13.0. The molecule has 1 nitrogen and oxygen atoms in total. The van der Waals surface area contributed by atoms with Crippen LogP contribution < -0.4 is 0 Å². The van der Waals surface area contributed by atoms with Gasteiger partial charge in [-0.2, -0.15) is 0 Å². The maximum atomic E-state index is 13.0. The van der Waals surface area contributed by atoms with E-state index in [0.717, 1.165) is 10.9 Å². The van der Waals surface area contributed by atoms with E-state index in [9.17, 15) is 4.39 Å². The Labute approximate surface area is 63.9 Å². The molecule has 0 fully saturated rings. The number of fused-ring (bicyclic) bond motifs is 1. The van der Waals surface area contributed by atoms with Gasteiger partial charge in [0.1, 0.15) is 5.82 Å². The lowest BCUT2D eigenvalue weighted by atomic mass is 10.2. The van der Waals surface area contributed by atoms with Crippen molar-refractivity contribution >= 4 is 10.9 Å². The highest BCUT2D eigenvalue weighted by atomic mass is 19.1. The van der Waals surface area contributed by atoms with Gasteiger partial charge < -0.3 is 4.98 Å². The second-order valence-corrected chi connectivity index (χ2v) is 2.69. The van der Waals surface area contributed by atoms with Gasteiger partial charge in [0.15, 0.2) is 0 Å². The molecule has 2 aromatic rings. The first-order chi connectivity index (χ1) is 5.27. The normalized spacial score (nSPS) is 10.7. The van der Waals surface area contributed by atoms with E-state index in [2.05, 4.69) is 4.98 Å². The van der Waals surface area contributed by atoms with Crippen LogP contribution in [0.25, 0.3) is 10.9 Å². The Morgan fingerprint density at radius 2 is 2.18 bits per heavy atom. The number of hydrogen-bond donors (Lipinski definition) is 1. The predicted octanol–water partition coefficient (Wildman–Crippen LogP) is 2.62. The first kappa shape index (κ1) is 6.40. The van der Waals surface area contributed by atoms with E-state index in [1.165, 1.54) is 6.07 Å². The molecule has 0 aliphatic carbocycles. The van der Waals surface area contributed by atoms with E-state index >= 15 is 0 Å². The summed E-state index contributed by atoms with van der Waals surface area (Å²) >= 11 is 0. The number of H-pyrrole nitrogens is 1. The van der Waals surface area contributed by atoms with Crippen molar-refractivity contribution in [2.45, 2.75) is 6.92 Å². The highest BCUT2D eigenvalue weighted by molar-refractivity contribution is 5.80. The zero-order chi connectivity index (χ0) is 7.84. The van der Waals surface area contributed by atoms with Crippen molar-refractivity contribution in [3.05, 3.63) is 35.8 Å². The van der Waals surface area contributed by atoms with Gasteiger partial charge in [0.2, 0.25) is 0 Å². The van der Waals surface area contributed by atoms with Gasteiger partial charge in [0.25, 0.3) is 0 Å². The zero-order valence-electron chi connectivity index (χ0n) is 6.19. The van der Waals surface area contributed by atoms with Gasteiger partial charge in [-0.25, -0.2) is 4.39 Å². The Morgan fingerprint density at radius 3 is 3.00 bits per heavy atom. The number of aromatic nitrogens is 1. The van der Waals surface area contributed by atoms with Crippen molar-refractivity contribution in [3.63, 3.8) is 0 Å². The third-order valence-corrected chi connectivity index (χ3v) is 1.76. The van der Waals surface area contributed by atoms with Crippen molar-refractivity contribution in [3.8, 4) is 0 Å². The lowest BCUT2D eigenvalue weighted by Crippen LogP contribution is -1.79. The number of benzene rings is 1. The minimum absolute atomic E-state index is 0.176. The third-order valence-electron chi connectivity index (χ3n) is 1.76. The van der Waals surface area contributed by atoms with E-state index in [0.29, 0.717) is 5.52 Å². The van der Waals surface area contributed by atoms with Gasteiger partial charge >= 0.3 is 0 Å². The number of halogens is 1. The van der Waals surface area contributed by atoms with Crippen LogP contribution in [0.2, 0.25) is 0 Å². The second-order valence-electron chi connectivity index (χ2n) is 2.69. The molecule has 1 heterocycles. The summed E-state index contributed by atoms with van der Waals surface area (Å²) in [6, 6.07) is 5.35. The molecular formula is C9H8FN. The smallest absolute Gasteiger partial charge is 0.147 e. The van der Waals surface area contributed by atoms with Crippen LogP contribution in [0.3, 0.4) is 0 Å². The standard InChI is InChI=1S/C9H8FN/c1-6-4-7-2-3-11-9(7)8(10)5-6/h2-5,11H,1H3. The molecular weight excluding hydrogens is 141 g/mol. The molecule has 0 aliphatic heterocycles. The van der Waals surface area contributed by atoms with Crippen LogP contribution >= 0.6 is 0 Å². The van der Waals surface area contributed by atoms with Gasteiger partial charge in [0.05, 0.1) is 5.52 Å². The van der Waals surface area contributed by atoms with Crippen molar-refractivity contribution in [2.24, 2.45) is 0 Å². The summed E-state index contributed by atoms with van der Waals surface area (Å²) in [5, 5.41) is 0.933. The Kier molecular flexibility index (Phi) is 1.22. The summed E-state index contributed by atoms with van der Waals surface area (Å²) in [5.74, 6) is -0.176. The molecule has 0 unspecified atom stereocenters. The predicted molar refractivity (Wildman–Crippen MR) is 43.0 cm³/mol. The average molecular weight is 149 g/mol. The first-order valence-corrected chi connectivity index (χ1v) is 3.50. The Balaban J connectivity index is 2.91. The van der Waals surface area contributed by atoms with Crippen LogP contribution in [-0.4, -0.2) is 4.98 Å². The van der Waals surface area contributed by atoms with E-state index in [1.807, 2.05) is 19.1 Å². The zero-order valence-corrected chi connectivity index (χ0v) is 6.19. The quantitative estimate of drug-likeness (QED) is 0.592. The summed E-state index contributed by atoms with van der Waals surface area (Å²) in [5.41, 5.74) is 1.55. The Hall–Kier alpha value is -1.31. The van der Waals surface area contributed by atoms with E-state index in [4.69, 9.17) is 0 Å². The number of aromatic amines is 1. The largest absolute Gasteiger partial charge is 0.359 e. The molecule has 0 atom stereocenters. The minimum Gasteiger partial charge on any atom is -0.359 e. The van der Waals surface area contributed by atoms with E-state index in [-0.39, 0.29) is 5.82 Å². The molecule has 0 amide bonds. The summed E-state index contributed by atoms with van der Waals surface area (Å²) in [6.07, 6.45) is 1.74. The fourth-order valence-electron chi connectivity index (χ4n) is 1.27. The van der Waals surface area contributed by atoms with Gasteiger partial charge in [-0.1, -0.05) is 0 Å². The van der Waals surface area contributed by atoms with Gasteiger partial charge in [-0.05, 0) is 30.7 Å². The number of nitrogens with one attached hydrogen (secondary N) is 1. The first-order valence-electron chi connectivity index (χ1n) is 3.50. The van der Waals surface area contributed by atoms with Crippen LogP contribution in [0, 0.1) is 12.7 Å². The van der Waals surface area contributed by atoms with Crippen LogP contribution in [0.1, 0.15) is 5.56 Å². The SMILES string of the molecule is Cc1cc(F)c2[nH]ccc2c1. The molecule has 0 spiro atoms. The number of rotatable bonds is 0. The topological polar surface area (TPSA) is 15.8 Å². The second kappa shape index (κ2) is 2.09. The molecule has 0 saturated carbocycles.